The highest BCUT2D eigenvalue weighted by Crippen LogP contribution is 2.18. The monoisotopic (exact) mass is 891 g/mol. The standard InChI is InChI=1S/C57H110O6/c1-5-7-9-11-13-15-17-19-25-30-34-38-42-46-50-57(60)63-54(51-61-55(58)48-44-40-36-32-28-18-16-14-12-10-8-6-2)52-62-56(59)49-45-41-37-33-29-26-23-21-20-22-24-27-31-35-39-43-47-53(3)4/h53-54H,5-52H2,1-4H3/t54-/m1/s1. The Labute approximate surface area is 393 Å². The number of carbonyl (C=O) groups excluding carboxylic acids is 3. The van der Waals surface area contributed by atoms with Crippen molar-refractivity contribution in [3.63, 3.8) is 0 Å². The molecule has 0 heterocycles. The average molecular weight is 892 g/mol. The second-order valence-electron chi connectivity index (χ2n) is 20.1. The van der Waals surface area contributed by atoms with Crippen molar-refractivity contribution >= 4 is 17.9 Å². The van der Waals surface area contributed by atoms with E-state index in [0.717, 1.165) is 63.7 Å². The molecule has 0 saturated carbocycles. The second kappa shape index (κ2) is 51.4. The molecule has 0 saturated heterocycles. The highest BCUT2D eigenvalue weighted by Gasteiger charge is 2.19. The van der Waals surface area contributed by atoms with Crippen LogP contribution in [0.25, 0.3) is 0 Å². The summed E-state index contributed by atoms with van der Waals surface area (Å²) in [6.07, 6.45) is 55.2. The summed E-state index contributed by atoms with van der Waals surface area (Å²) >= 11 is 0. The number of unbranched alkanes of at least 4 members (excludes halogenated alkanes) is 39. The van der Waals surface area contributed by atoms with Crippen LogP contribution in [0, 0.1) is 5.92 Å². The molecule has 0 radical (unpaired) electrons. The van der Waals surface area contributed by atoms with Crippen molar-refractivity contribution in [1.82, 2.24) is 0 Å². The molecule has 0 aromatic heterocycles. The highest BCUT2D eigenvalue weighted by molar-refractivity contribution is 5.71. The van der Waals surface area contributed by atoms with Crippen molar-refractivity contribution in [2.45, 2.75) is 329 Å². The fraction of sp³-hybridized carbons (Fsp3) is 0.947. The number of esters is 3. The summed E-state index contributed by atoms with van der Waals surface area (Å²) in [6, 6.07) is 0. The molecule has 0 unspecified atom stereocenters. The first kappa shape index (κ1) is 61.4. The van der Waals surface area contributed by atoms with Crippen LogP contribution >= 0.6 is 0 Å². The molecule has 0 aliphatic carbocycles. The van der Waals surface area contributed by atoms with Crippen LogP contribution in [-0.2, 0) is 28.6 Å². The molecule has 0 rings (SSSR count). The van der Waals surface area contributed by atoms with Crippen LogP contribution in [-0.4, -0.2) is 37.2 Å². The van der Waals surface area contributed by atoms with Crippen molar-refractivity contribution in [2.24, 2.45) is 5.92 Å². The van der Waals surface area contributed by atoms with Crippen LogP contribution in [0.15, 0.2) is 0 Å². The minimum atomic E-state index is -0.761. The lowest BCUT2D eigenvalue weighted by Crippen LogP contribution is -2.30. The third kappa shape index (κ3) is 51.3. The number of hydrogen-bond acceptors (Lipinski definition) is 6. The normalized spacial score (nSPS) is 12.0. The largest absolute Gasteiger partial charge is 0.462 e. The van der Waals surface area contributed by atoms with Crippen LogP contribution in [0.2, 0.25) is 0 Å². The third-order valence-electron chi connectivity index (χ3n) is 13.0. The summed E-state index contributed by atoms with van der Waals surface area (Å²) in [4.78, 5) is 38.1. The van der Waals surface area contributed by atoms with E-state index in [1.54, 1.807) is 0 Å². The molecule has 0 amide bonds. The van der Waals surface area contributed by atoms with E-state index in [1.165, 1.54) is 218 Å². The van der Waals surface area contributed by atoms with E-state index in [2.05, 4.69) is 27.7 Å². The lowest BCUT2D eigenvalue weighted by molar-refractivity contribution is -0.167. The summed E-state index contributed by atoms with van der Waals surface area (Å²) in [7, 11) is 0. The highest BCUT2D eigenvalue weighted by atomic mass is 16.6. The Morgan fingerprint density at radius 2 is 0.524 bits per heavy atom. The lowest BCUT2D eigenvalue weighted by atomic mass is 10.0. The van der Waals surface area contributed by atoms with Gasteiger partial charge in [0.05, 0.1) is 0 Å². The van der Waals surface area contributed by atoms with Gasteiger partial charge >= 0.3 is 17.9 Å². The van der Waals surface area contributed by atoms with Gasteiger partial charge in [0, 0.05) is 19.3 Å². The SMILES string of the molecule is CCCCCCCCCCCCCCCCC(=O)O[C@H](COC(=O)CCCCCCCCCCCCCC)COC(=O)CCCCCCCCCCCCCCCCCCC(C)C. The molecule has 374 valence electrons. The van der Waals surface area contributed by atoms with E-state index in [4.69, 9.17) is 14.2 Å². The zero-order chi connectivity index (χ0) is 45.9. The summed E-state index contributed by atoms with van der Waals surface area (Å²) in [5.41, 5.74) is 0. The van der Waals surface area contributed by atoms with Gasteiger partial charge in [0.25, 0.3) is 0 Å². The molecule has 1 atom stereocenters. The Hall–Kier alpha value is -1.59. The molecule has 6 nitrogen and oxygen atoms in total. The summed E-state index contributed by atoms with van der Waals surface area (Å²) < 4.78 is 16.9. The first-order valence-corrected chi connectivity index (χ1v) is 28.4. The maximum absolute atomic E-state index is 12.8. The fourth-order valence-corrected chi connectivity index (χ4v) is 8.75. The predicted molar refractivity (Wildman–Crippen MR) is 270 cm³/mol. The summed E-state index contributed by atoms with van der Waals surface area (Å²) in [5, 5.41) is 0. The summed E-state index contributed by atoms with van der Waals surface area (Å²) in [6.45, 7) is 9.06. The van der Waals surface area contributed by atoms with Gasteiger partial charge in [-0.05, 0) is 25.2 Å². The molecule has 6 heteroatoms. The van der Waals surface area contributed by atoms with Gasteiger partial charge in [0.2, 0.25) is 0 Å². The van der Waals surface area contributed by atoms with Gasteiger partial charge in [-0.3, -0.25) is 14.4 Å². The van der Waals surface area contributed by atoms with E-state index in [-0.39, 0.29) is 31.1 Å². The molecular formula is C57H110O6. The Morgan fingerprint density at radius 1 is 0.302 bits per heavy atom. The van der Waals surface area contributed by atoms with Gasteiger partial charge in [-0.15, -0.1) is 0 Å². The van der Waals surface area contributed by atoms with Gasteiger partial charge in [0.15, 0.2) is 6.10 Å². The fourth-order valence-electron chi connectivity index (χ4n) is 8.75. The summed E-state index contributed by atoms with van der Waals surface area (Å²) in [5.74, 6) is 0.0162. The maximum Gasteiger partial charge on any atom is 0.306 e. The maximum atomic E-state index is 12.8. The molecule has 0 aliphatic rings. The van der Waals surface area contributed by atoms with Crippen LogP contribution in [0.3, 0.4) is 0 Å². The van der Waals surface area contributed by atoms with Gasteiger partial charge in [0.1, 0.15) is 13.2 Å². The number of carbonyl (C=O) groups is 3. The van der Waals surface area contributed by atoms with Crippen LogP contribution in [0.1, 0.15) is 323 Å². The van der Waals surface area contributed by atoms with E-state index < -0.39 is 6.10 Å². The van der Waals surface area contributed by atoms with Crippen molar-refractivity contribution in [3.8, 4) is 0 Å². The molecule has 63 heavy (non-hydrogen) atoms. The van der Waals surface area contributed by atoms with Crippen molar-refractivity contribution in [3.05, 3.63) is 0 Å². The van der Waals surface area contributed by atoms with E-state index in [9.17, 15) is 14.4 Å². The zero-order valence-electron chi connectivity index (χ0n) is 43.0. The second-order valence-corrected chi connectivity index (χ2v) is 20.1. The van der Waals surface area contributed by atoms with Crippen LogP contribution < -0.4 is 0 Å². The average Bonchev–Trinajstić information content (AvgIpc) is 3.27. The van der Waals surface area contributed by atoms with E-state index >= 15 is 0 Å². The molecule has 0 fully saturated rings. The Kier molecular flexibility index (Phi) is 50.1. The lowest BCUT2D eigenvalue weighted by Gasteiger charge is -2.18. The molecule has 0 spiro atoms. The van der Waals surface area contributed by atoms with Crippen molar-refractivity contribution in [2.75, 3.05) is 13.2 Å². The van der Waals surface area contributed by atoms with Gasteiger partial charge in [-0.1, -0.05) is 285 Å². The number of rotatable bonds is 52. The van der Waals surface area contributed by atoms with Gasteiger partial charge in [-0.25, -0.2) is 0 Å². The van der Waals surface area contributed by atoms with Crippen molar-refractivity contribution < 1.29 is 28.6 Å². The predicted octanol–water partition coefficient (Wildman–Crippen LogP) is 18.6. The van der Waals surface area contributed by atoms with E-state index in [0.29, 0.717) is 19.3 Å². The molecule has 0 N–H and O–H groups in total. The molecule has 0 aliphatic heterocycles. The smallest absolute Gasteiger partial charge is 0.306 e. The first-order valence-electron chi connectivity index (χ1n) is 28.4. The molecule has 0 aromatic carbocycles. The molecular weight excluding hydrogens is 781 g/mol. The molecule has 0 aromatic rings. The quantitative estimate of drug-likeness (QED) is 0.0344. The van der Waals surface area contributed by atoms with Crippen LogP contribution in [0.4, 0.5) is 0 Å². The minimum absolute atomic E-state index is 0.0619. The zero-order valence-corrected chi connectivity index (χ0v) is 43.0. The van der Waals surface area contributed by atoms with Crippen molar-refractivity contribution in [1.29, 1.82) is 0 Å². The van der Waals surface area contributed by atoms with Crippen LogP contribution in [0.5, 0.6) is 0 Å². The van der Waals surface area contributed by atoms with Gasteiger partial charge < -0.3 is 14.2 Å². The Balaban J connectivity index is 4.25. The van der Waals surface area contributed by atoms with E-state index in [1.807, 2.05) is 0 Å². The Bertz CT molecular complexity index is 949. The molecule has 0 bridgehead atoms. The number of hydrogen-bond donors (Lipinski definition) is 0. The van der Waals surface area contributed by atoms with Gasteiger partial charge in [-0.2, -0.15) is 0 Å². The minimum Gasteiger partial charge on any atom is -0.462 e. The topological polar surface area (TPSA) is 78.9 Å². The Morgan fingerprint density at radius 3 is 0.778 bits per heavy atom. The third-order valence-corrected chi connectivity index (χ3v) is 13.0. The first-order chi connectivity index (χ1) is 30.9. The number of ether oxygens (including phenoxy) is 3.